The number of thioether (sulfide) groups is 1. The van der Waals surface area contributed by atoms with Crippen LogP contribution in [0.5, 0.6) is 0 Å². The van der Waals surface area contributed by atoms with Crippen LogP contribution in [0, 0.1) is 6.92 Å². The minimum atomic E-state index is -2.46. The van der Waals surface area contributed by atoms with Crippen molar-refractivity contribution < 1.29 is 13.6 Å². The smallest absolute Gasteiger partial charge is 0.288 e. The molecule has 122 valence electrons. The van der Waals surface area contributed by atoms with Gasteiger partial charge in [0.05, 0.1) is 0 Å². The Bertz CT molecular complexity index is 684. The molecule has 2 aromatic rings. The van der Waals surface area contributed by atoms with E-state index in [1.165, 1.54) is 12.1 Å². The van der Waals surface area contributed by atoms with Crippen molar-refractivity contribution in [2.75, 3.05) is 5.32 Å². The molecule has 0 aliphatic carbocycles. The monoisotopic (exact) mass is 335 g/mol. The standard InChI is InChI=1S/C18H19F2NOS/c1-11(2)15-6-4-5-12(3)16(15)21-17(22)13-7-9-14(10-8-13)23-18(19)20/h4-11,18H,1-3H3,(H,21,22). The first-order chi connectivity index (χ1) is 10.9. The number of aryl methyl sites for hydroxylation is 1. The maximum atomic E-state index is 12.4. The van der Waals surface area contributed by atoms with Crippen molar-refractivity contribution >= 4 is 23.4 Å². The van der Waals surface area contributed by atoms with Crippen LogP contribution in [0.2, 0.25) is 0 Å². The van der Waals surface area contributed by atoms with E-state index in [-0.39, 0.29) is 11.8 Å². The SMILES string of the molecule is Cc1cccc(C(C)C)c1NC(=O)c1ccc(SC(F)F)cc1. The molecule has 0 radical (unpaired) electrons. The molecule has 0 atom stereocenters. The first-order valence-electron chi connectivity index (χ1n) is 7.34. The molecule has 0 saturated carbocycles. The number of alkyl halides is 2. The third-order valence-electron chi connectivity index (χ3n) is 3.51. The zero-order valence-electron chi connectivity index (χ0n) is 13.3. The van der Waals surface area contributed by atoms with Gasteiger partial charge in [-0.2, -0.15) is 8.78 Å². The van der Waals surface area contributed by atoms with Crippen molar-refractivity contribution in [1.82, 2.24) is 0 Å². The molecule has 0 aromatic heterocycles. The summed E-state index contributed by atoms with van der Waals surface area (Å²) >= 11 is 0.467. The van der Waals surface area contributed by atoms with E-state index in [9.17, 15) is 13.6 Å². The quantitative estimate of drug-likeness (QED) is 0.712. The largest absolute Gasteiger partial charge is 0.321 e. The van der Waals surface area contributed by atoms with Crippen LogP contribution in [0.15, 0.2) is 47.4 Å². The lowest BCUT2D eigenvalue weighted by Crippen LogP contribution is -2.14. The van der Waals surface area contributed by atoms with Crippen LogP contribution in [0.1, 0.15) is 41.3 Å². The Kier molecular flexibility index (Phi) is 5.77. The van der Waals surface area contributed by atoms with Crippen molar-refractivity contribution in [3.63, 3.8) is 0 Å². The molecule has 0 aliphatic rings. The van der Waals surface area contributed by atoms with E-state index >= 15 is 0 Å². The predicted molar refractivity (Wildman–Crippen MR) is 91.5 cm³/mol. The number of amides is 1. The Balaban J connectivity index is 2.19. The van der Waals surface area contributed by atoms with Gasteiger partial charge >= 0.3 is 0 Å². The van der Waals surface area contributed by atoms with E-state index in [0.717, 1.165) is 16.8 Å². The number of carbonyl (C=O) groups excluding carboxylic acids is 1. The van der Waals surface area contributed by atoms with Crippen LogP contribution >= 0.6 is 11.8 Å². The second-order valence-electron chi connectivity index (χ2n) is 5.55. The Morgan fingerprint density at radius 2 is 1.74 bits per heavy atom. The summed E-state index contributed by atoms with van der Waals surface area (Å²) in [6, 6.07) is 12.1. The number of carbonyl (C=O) groups is 1. The number of nitrogens with one attached hydrogen (secondary N) is 1. The number of hydrogen-bond acceptors (Lipinski definition) is 2. The van der Waals surface area contributed by atoms with E-state index in [0.29, 0.717) is 22.2 Å². The molecule has 1 N–H and O–H groups in total. The highest BCUT2D eigenvalue weighted by atomic mass is 32.2. The van der Waals surface area contributed by atoms with Crippen LogP contribution in [0.4, 0.5) is 14.5 Å². The van der Waals surface area contributed by atoms with Gasteiger partial charge in [-0.1, -0.05) is 43.8 Å². The summed E-state index contributed by atoms with van der Waals surface area (Å²) in [6.07, 6.45) is 0. The van der Waals surface area contributed by atoms with Gasteiger partial charge < -0.3 is 5.32 Å². The zero-order valence-corrected chi connectivity index (χ0v) is 14.1. The lowest BCUT2D eigenvalue weighted by atomic mass is 9.98. The van der Waals surface area contributed by atoms with E-state index < -0.39 is 5.76 Å². The number of rotatable bonds is 5. The summed E-state index contributed by atoms with van der Waals surface area (Å²) in [7, 11) is 0. The highest BCUT2D eigenvalue weighted by Crippen LogP contribution is 2.28. The number of para-hydroxylation sites is 1. The van der Waals surface area contributed by atoms with E-state index in [1.54, 1.807) is 12.1 Å². The topological polar surface area (TPSA) is 29.1 Å². The molecule has 0 saturated heterocycles. The van der Waals surface area contributed by atoms with E-state index in [2.05, 4.69) is 19.2 Å². The van der Waals surface area contributed by atoms with Crippen molar-refractivity contribution in [3.05, 3.63) is 59.2 Å². The summed E-state index contributed by atoms with van der Waals surface area (Å²) in [5.41, 5.74) is 3.33. The normalized spacial score (nSPS) is 11.1. The number of hydrogen-bond donors (Lipinski definition) is 1. The number of anilines is 1. The molecule has 0 unspecified atom stereocenters. The molecule has 0 aliphatic heterocycles. The molecule has 23 heavy (non-hydrogen) atoms. The van der Waals surface area contributed by atoms with Gasteiger partial charge in [-0.3, -0.25) is 4.79 Å². The second kappa shape index (κ2) is 7.59. The van der Waals surface area contributed by atoms with Gasteiger partial charge in [0.15, 0.2) is 0 Å². The van der Waals surface area contributed by atoms with Crippen LogP contribution < -0.4 is 5.32 Å². The van der Waals surface area contributed by atoms with Crippen LogP contribution in [-0.4, -0.2) is 11.7 Å². The average Bonchev–Trinajstić information content (AvgIpc) is 2.49. The fraction of sp³-hybridized carbons (Fsp3) is 0.278. The summed E-state index contributed by atoms with van der Waals surface area (Å²) in [4.78, 5) is 12.8. The average molecular weight is 335 g/mol. The molecular formula is C18H19F2NOS. The van der Waals surface area contributed by atoms with Gasteiger partial charge in [-0.05, 0) is 48.2 Å². The van der Waals surface area contributed by atoms with Crippen molar-refractivity contribution in [3.8, 4) is 0 Å². The zero-order chi connectivity index (χ0) is 17.0. The molecule has 0 spiro atoms. The van der Waals surface area contributed by atoms with Crippen LogP contribution in [0.3, 0.4) is 0 Å². The molecule has 0 bridgehead atoms. The molecular weight excluding hydrogens is 316 g/mol. The lowest BCUT2D eigenvalue weighted by molar-refractivity contribution is 0.102. The third-order valence-corrected chi connectivity index (χ3v) is 4.23. The van der Waals surface area contributed by atoms with Crippen LogP contribution in [-0.2, 0) is 0 Å². The van der Waals surface area contributed by atoms with Gasteiger partial charge in [0.1, 0.15) is 0 Å². The van der Waals surface area contributed by atoms with Gasteiger partial charge in [0.2, 0.25) is 0 Å². The summed E-state index contributed by atoms with van der Waals surface area (Å²) in [5.74, 6) is -2.42. The van der Waals surface area contributed by atoms with E-state index in [1.807, 2.05) is 25.1 Å². The molecule has 0 fully saturated rings. The number of halogens is 2. The molecule has 2 rings (SSSR count). The summed E-state index contributed by atoms with van der Waals surface area (Å²) < 4.78 is 24.6. The first kappa shape index (κ1) is 17.5. The third kappa shape index (κ3) is 4.55. The Morgan fingerprint density at radius 3 is 2.30 bits per heavy atom. The van der Waals surface area contributed by atoms with Crippen LogP contribution in [0.25, 0.3) is 0 Å². The highest BCUT2D eigenvalue weighted by Gasteiger charge is 2.13. The predicted octanol–water partition coefficient (Wildman–Crippen LogP) is 5.69. The molecule has 5 heteroatoms. The van der Waals surface area contributed by atoms with E-state index in [4.69, 9.17) is 0 Å². The van der Waals surface area contributed by atoms with Crippen molar-refractivity contribution in [2.45, 2.75) is 37.3 Å². The first-order valence-corrected chi connectivity index (χ1v) is 8.22. The Hall–Kier alpha value is -1.88. The van der Waals surface area contributed by atoms with Crippen molar-refractivity contribution in [2.24, 2.45) is 0 Å². The maximum absolute atomic E-state index is 12.4. The summed E-state index contributed by atoms with van der Waals surface area (Å²) in [5, 5.41) is 2.94. The number of benzene rings is 2. The fourth-order valence-electron chi connectivity index (χ4n) is 2.32. The fourth-order valence-corrected chi connectivity index (χ4v) is 2.81. The van der Waals surface area contributed by atoms with Gasteiger partial charge in [-0.15, -0.1) is 0 Å². The van der Waals surface area contributed by atoms with Gasteiger partial charge in [0.25, 0.3) is 11.7 Å². The molecule has 0 heterocycles. The van der Waals surface area contributed by atoms with Crippen molar-refractivity contribution in [1.29, 1.82) is 0 Å². The maximum Gasteiger partial charge on any atom is 0.288 e. The summed E-state index contributed by atoms with van der Waals surface area (Å²) in [6.45, 7) is 6.09. The minimum absolute atomic E-state index is 0.241. The molecule has 2 aromatic carbocycles. The minimum Gasteiger partial charge on any atom is -0.321 e. The second-order valence-corrected chi connectivity index (χ2v) is 6.61. The molecule has 2 nitrogen and oxygen atoms in total. The Morgan fingerprint density at radius 1 is 1.09 bits per heavy atom. The Labute approximate surface area is 139 Å². The molecule has 1 amide bonds. The lowest BCUT2D eigenvalue weighted by Gasteiger charge is -2.16. The van der Waals surface area contributed by atoms with Gasteiger partial charge in [-0.25, -0.2) is 0 Å². The van der Waals surface area contributed by atoms with Gasteiger partial charge in [0, 0.05) is 16.1 Å². The highest BCUT2D eigenvalue weighted by molar-refractivity contribution is 7.99.